The number of aromatic amines is 1. The molecule has 1 saturated heterocycles. The summed E-state index contributed by atoms with van der Waals surface area (Å²) in [6.07, 6.45) is 7.33. The summed E-state index contributed by atoms with van der Waals surface area (Å²) in [5.41, 5.74) is 4.50. The van der Waals surface area contributed by atoms with E-state index >= 15 is 0 Å². The van der Waals surface area contributed by atoms with Crippen LogP contribution in [-0.4, -0.2) is 57.9 Å². The number of H-pyrrole nitrogens is 1. The molecule has 2 aromatic rings. The van der Waals surface area contributed by atoms with Gasteiger partial charge in [0, 0.05) is 49.9 Å². The average Bonchev–Trinajstić information content (AvgIpc) is 3.16. The van der Waals surface area contributed by atoms with Gasteiger partial charge in [-0.1, -0.05) is 18.6 Å². The minimum Gasteiger partial charge on any atom is -0.507 e. The summed E-state index contributed by atoms with van der Waals surface area (Å²) in [5.74, 6) is 1.20. The van der Waals surface area contributed by atoms with E-state index in [0.29, 0.717) is 11.3 Å². The molecule has 1 aromatic heterocycles. The lowest BCUT2D eigenvalue weighted by molar-refractivity contribution is 0.352. The molecular formula is C20H24N6O. The normalized spacial score (nSPS) is 17.8. The van der Waals surface area contributed by atoms with Crippen LogP contribution in [0, 0.1) is 0 Å². The van der Waals surface area contributed by atoms with E-state index in [2.05, 4.69) is 43.6 Å². The molecule has 27 heavy (non-hydrogen) atoms. The molecule has 0 radical (unpaired) electrons. The molecule has 2 aliphatic heterocycles. The van der Waals surface area contributed by atoms with E-state index in [1.165, 1.54) is 5.57 Å². The van der Waals surface area contributed by atoms with Gasteiger partial charge in [-0.2, -0.15) is 5.10 Å². The summed E-state index contributed by atoms with van der Waals surface area (Å²) in [5, 5.41) is 29.7. The van der Waals surface area contributed by atoms with Crippen molar-refractivity contribution < 1.29 is 5.11 Å². The smallest absolute Gasteiger partial charge is 0.131 e. The van der Waals surface area contributed by atoms with Crippen molar-refractivity contribution in [2.24, 2.45) is 10.2 Å². The number of allylic oxidation sites excluding steroid dienone is 1. The van der Waals surface area contributed by atoms with Crippen molar-refractivity contribution in [1.29, 1.82) is 0 Å². The molecule has 4 rings (SSSR count). The Morgan fingerprint density at radius 3 is 2.70 bits per heavy atom. The summed E-state index contributed by atoms with van der Waals surface area (Å²) in [4.78, 5) is 2.30. The van der Waals surface area contributed by atoms with Crippen molar-refractivity contribution in [1.82, 2.24) is 20.4 Å². The van der Waals surface area contributed by atoms with Crippen LogP contribution in [0.3, 0.4) is 0 Å². The van der Waals surface area contributed by atoms with Crippen molar-refractivity contribution in [2.45, 2.75) is 19.8 Å². The molecule has 2 aliphatic rings. The Labute approximate surface area is 158 Å². The van der Waals surface area contributed by atoms with Gasteiger partial charge in [0.1, 0.15) is 11.6 Å². The van der Waals surface area contributed by atoms with Crippen LogP contribution in [0.25, 0.3) is 11.1 Å². The Bertz CT molecular complexity index is 891. The summed E-state index contributed by atoms with van der Waals surface area (Å²) in [7, 11) is 0. The number of phenolic OH excluding ortho intramolecular Hbond substituents is 1. The van der Waals surface area contributed by atoms with Gasteiger partial charge in [0.15, 0.2) is 0 Å². The van der Waals surface area contributed by atoms with Gasteiger partial charge in [-0.25, -0.2) is 0 Å². The monoisotopic (exact) mass is 364 g/mol. The number of phenols is 1. The quantitative estimate of drug-likeness (QED) is 0.781. The fourth-order valence-corrected chi connectivity index (χ4v) is 3.42. The topological polar surface area (TPSA) is 88.9 Å². The van der Waals surface area contributed by atoms with E-state index in [1.807, 2.05) is 12.1 Å². The number of rotatable bonds is 3. The number of benzene rings is 1. The first-order chi connectivity index (χ1) is 13.2. The zero-order chi connectivity index (χ0) is 18.6. The first kappa shape index (κ1) is 17.5. The highest BCUT2D eigenvalue weighted by Gasteiger charge is 2.19. The molecule has 0 unspecified atom stereocenters. The first-order valence-electron chi connectivity index (χ1n) is 9.36. The van der Waals surface area contributed by atoms with Gasteiger partial charge in [0.2, 0.25) is 0 Å². The Morgan fingerprint density at radius 2 is 2.00 bits per heavy atom. The molecule has 0 amide bonds. The van der Waals surface area contributed by atoms with Crippen LogP contribution in [0.15, 0.2) is 52.4 Å². The second-order valence-corrected chi connectivity index (χ2v) is 6.79. The maximum atomic E-state index is 10.6. The largest absolute Gasteiger partial charge is 0.507 e. The average molecular weight is 364 g/mol. The van der Waals surface area contributed by atoms with E-state index in [4.69, 9.17) is 0 Å². The number of nitrogens with zero attached hydrogens (tertiary/aromatic N) is 4. The lowest BCUT2D eigenvalue weighted by Gasteiger charge is -2.29. The Hall–Kier alpha value is -2.93. The summed E-state index contributed by atoms with van der Waals surface area (Å²) >= 11 is 0. The van der Waals surface area contributed by atoms with Gasteiger partial charge in [-0.3, -0.25) is 5.10 Å². The van der Waals surface area contributed by atoms with Crippen LogP contribution in [0.2, 0.25) is 0 Å². The van der Waals surface area contributed by atoms with Crippen LogP contribution in [0.1, 0.15) is 25.3 Å². The third-order valence-corrected chi connectivity index (χ3v) is 5.04. The van der Waals surface area contributed by atoms with Crippen LogP contribution in [0.4, 0.5) is 0 Å². The SMILES string of the molecule is CCC1=CC(c2ccc(-c3cn[nH]c3)cc2O)=NN=C(N2CCNCC2)C1. The fourth-order valence-electron chi connectivity index (χ4n) is 3.42. The molecular weight excluding hydrogens is 340 g/mol. The Morgan fingerprint density at radius 1 is 1.15 bits per heavy atom. The number of aromatic hydroxyl groups is 1. The second kappa shape index (κ2) is 7.75. The summed E-state index contributed by atoms with van der Waals surface area (Å²) in [6, 6.07) is 5.60. The van der Waals surface area contributed by atoms with Crippen LogP contribution < -0.4 is 5.32 Å². The minimum atomic E-state index is 0.194. The molecule has 1 aromatic carbocycles. The molecule has 3 heterocycles. The summed E-state index contributed by atoms with van der Waals surface area (Å²) in [6.45, 7) is 5.98. The van der Waals surface area contributed by atoms with Crippen molar-refractivity contribution in [3.8, 4) is 16.9 Å². The van der Waals surface area contributed by atoms with Crippen molar-refractivity contribution in [3.05, 3.63) is 47.8 Å². The standard InChI is InChI=1S/C20H24N6O/c1-2-14-9-18(24-25-20(10-14)26-7-5-21-6-8-26)17-4-3-15(11-19(17)27)16-12-22-23-13-16/h3-4,9,11-13,21,27H,2,5-8,10H2,1H3,(H,22,23). The highest BCUT2D eigenvalue weighted by molar-refractivity contribution is 6.12. The number of hydrogen-bond donors (Lipinski definition) is 3. The van der Waals surface area contributed by atoms with Gasteiger partial charge in [0.05, 0.1) is 11.9 Å². The maximum absolute atomic E-state index is 10.6. The molecule has 140 valence electrons. The van der Waals surface area contributed by atoms with Crippen molar-refractivity contribution in [3.63, 3.8) is 0 Å². The lowest BCUT2D eigenvalue weighted by atomic mass is 10.00. The highest BCUT2D eigenvalue weighted by atomic mass is 16.3. The number of aromatic nitrogens is 2. The lowest BCUT2D eigenvalue weighted by Crippen LogP contribution is -2.46. The van der Waals surface area contributed by atoms with Gasteiger partial charge in [-0.05, 0) is 30.2 Å². The minimum absolute atomic E-state index is 0.194. The van der Waals surface area contributed by atoms with E-state index in [-0.39, 0.29) is 5.75 Å². The molecule has 1 fully saturated rings. The third-order valence-electron chi connectivity index (χ3n) is 5.04. The van der Waals surface area contributed by atoms with Gasteiger partial charge in [-0.15, -0.1) is 10.2 Å². The Balaban J connectivity index is 1.67. The van der Waals surface area contributed by atoms with Crippen LogP contribution in [-0.2, 0) is 0 Å². The zero-order valence-corrected chi connectivity index (χ0v) is 15.4. The molecule has 0 atom stereocenters. The third kappa shape index (κ3) is 3.78. The molecule has 3 N–H and O–H groups in total. The van der Waals surface area contributed by atoms with Gasteiger partial charge in [0.25, 0.3) is 0 Å². The first-order valence-corrected chi connectivity index (χ1v) is 9.36. The van der Waals surface area contributed by atoms with Crippen LogP contribution >= 0.6 is 0 Å². The molecule has 0 aliphatic carbocycles. The molecule has 0 spiro atoms. The molecule has 7 heteroatoms. The van der Waals surface area contributed by atoms with E-state index < -0.39 is 0 Å². The Kier molecular flexibility index (Phi) is 5.02. The van der Waals surface area contributed by atoms with E-state index in [1.54, 1.807) is 18.5 Å². The fraction of sp³-hybridized carbons (Fsp3) is 0.350. The predicted octanol–water partition coefficient (Wildman–Crippen LogP) is 2.53. The van der Waals surface area contributed by atoms with Gasteiger partial charge < -0.3 is 15.3 Å². The zero-order valence-electron chi connectivity index (χ0n) is 15.4. The second-order valence-electron chi connectivity index (χ2n) is 6.79. The molecule has 0 bridgehead atoms. The molecule has 7 nitrogen and oxygen atoms in total. The van der Waals surface area contributed by atoms with Crippen molar-refractivity contribution in [2.75, 3.05) is 26.2 Å². The maximum Gasteiger partial charge on any atom is 0.131 e. The van der Waals surface area contributed by atoms with Crippen molar-refractivity contribution >= 4 is 11.5 Å². The number of piperazine rings is 1. The summed E-state index contributed by atoms with van der Waals surface area (Å²) < 4.78 is 0. The van der Waals surface area contributed by atoms with E-state index in [0.717, 1.165) is 56.0 Å². The molecule has 0 saturated carbocycles. The van der Waals surface area contributed by atoms with E-state index in [9.17, 15) is 5.11 Å². The number of nitrogens with one attached hydrogen (secondary N) is 2. The number of amidine groups is 1. The highest BCUT2D eigenvalue weighted by Crippen LogP contribution is 2.28. The number of hydrogen-bond acceptors (Lipinski definition) is 6. The van der Waals surface area contributed by atoms with Gasteiger partial charge >= 0.3 is 0 Å². The van der Waals surface area contributed by atoms with Crippen LogP contribution in [0.5, 0.6) is 5.75 Å². The predicted molar refractivity (Wildman–Crippen MR) is 107 cm³/mol.